The number of nitrogens with one attached hydrogen (secondary N) is 1. The molecule has 0 atom stereocenters. The van der Waals surface area contributed by atoms with E-state index in [9.17, 15) is 9.59 Å². The molecule has 0 saturated heterocycles. The molecule has 0 saturated carbocycles. The number of carbonyl (C=O) groups is 2. The summed E-state index contributed by atoms with van der Waals surface area (Å²) in [5.41, 5.74) is 0.599. The fraction of sp³-hybridized carbons (Fsp3) is 0.273. The SMILES string of the molecule is CCOC(=O)CC#Cc1c[nH]c(C(=O)O)c1. The van der Waals surface area contributed by atoms with Crippen molar-refractivity contribution in [2.75, 3.05) is 6.61 Å². The van der Waals surface area contributed by atoms with E-state index in [-0.39, 0.29) is 18.1 Å². The summed E-state index contributed by atoms with van der Waals surface area (Å²) in [5, 5.41) is 8.63. The normalized spacial score (nSPS) is 9.06. The lowest BCUT2D eigenvalue weighted by atomic mass is 10.3. The van der Waals surface area contributed by atoms with Crippen LogP contribution in [0.1, 0.15) is 29.4 Å². The van der Waals surface area contributed by atoms with Crippen LogP contribution in [-0.4, -0.2) is 28.6 Å². The van der Waals surface area contributed by atoms with Crippen LogP contribution < -0.4 is 0 Å². The van der Waals surface area contributed by atoms with E-state index in [1.54, 1.807) is 6.92 Å². The molecule has 84 valence electrons. The first-order chi connectivity index (χ1) is 7.63. The van der Waals surface area contributed by atoms with E-state index in [0.717, 1.165) is 0 Å². The van der Waals surface area contributed by atoms with Gasteiger partial charge >= 0.3 is 11.9 Å². The molecule has 0 spiro atoms. The lowest BCUT2D eigenvalue weighted by molar-refractivity contribution is -0.141. The Hall–Kier alpha value is -2.22. The molecule has 5 nitrogen and oxygen atoms in total. The number of aromatic nitrogens is 1. The number of carboxylic acid groups (broad SMARTS) is 1. The highest BCUT2D eigenvalue weighted by atomic mass is 16.5. The molecule has 0 fully saturated rings. The minimum absolute atomic E-state index is 0.00141. The number of carboxylic acids is 1. The van der Waals surface area contributed by atoms with Gasteiger partial charge in [0.25, 0.3) is 0 Å². The molecule has 2 N–H and O–H groups in total. The van der Waals surface area contributed by atoms with Gasteiger partial charge in [0.05, 0.1) is 6.61 Å². The van der Waals surface area contributed by atoms with Crippen LogP contribution in [0.4, 0.5) is 0 Å². The Morgan fingerprint density at radius 1 is 1.56 bits per heavy atom. The summed E-state index contributed by atoms with van der Waals surface area (Å²) in [5.74, 6) is 3.84. The summed E-state index contributed by atoms with van der Waals surface area (Å²) < 4.78 is 4.68. The maximum atomic E-state index is 10.9. The van der Waals surface area contributed by atoms with E-state index in [2.05, 4.69) is 21.6 Å². The Bertz CT molecular complexity index is 450. The summed E-state index contributed by atoms with van der Waals surface area (Å²) in [4.78, 5) is 24.0. The topological polar surface area (TPSA) is 79.4 Å². The second-order valence-corrected chi connectivity index (χ2v) is 2.89. The third-order valence-electron chi connectivity index (χ3n) is 1.68. The van der Waals surface area contributed by atoms with Crippen LogP contribution in [0.3, 0.4) is 0 Å². The van der Waals surface area contributed by atoms with Crippen LogP contribution in [0.25, 0.3) is 0 Å². The maximum absolute atomic E-state index is 10.9. The van der Waals surface area contributed by atoms with Gasteiger partial charge in [0.15, 0.2) is 0 Å². The predicted molar refractivity (Wildman–Crippen MR) is 55.9 cm³/mol. The van der Waals surface area contributed by atoms with Crippen LogP contribution in [0.5, 0.6) is 0 Å². The van der Waals surface area contributed by atoms with Crippen molar-refractivity contribution in [3.8, 4) is 11.8 Å². The first-order valence-electron chi connectivity index (χ1n) is 4.69. The van der Waals surface area contributed by atoms with E-state index in [1.807, 2.05) is 0 Å². The molecule has 0 aliphatic heterocycles. The number of carbonyl (C=O) groups excluding carboxylic acids is 1. The van der Waals surface area contributed by atoms with Gasteiger partial charge in [-0.1, -0.05) is 11.8 Å². The lowest BCUT2D eigenvalue weighted by Gasteiger charge is -1.94. The van der Waals surface area contributed by atoms with E-state index < -0.39 is 5.97 Å². The molecule has 5 heteroatoms. The van der Waals surface area contributed by atoms with E-state index in [4.69, 9.17) is 5.11 Å². The molecule has 0 bridgehead atoms. The molecule has 0 aliphatic rings. The van der Waals surface area contributed by atoms with Gasteiger partial charge in [0, 0.05) is 11.8 Å². The molecule has 1 heterocycles. The Kier molecular flexibility index (Phi) is 4.16. The van der Waals surface area contributed by atoms with E-state index >= 15 is 0 Å². The Morgan fingerprint density at radius 3 is 2.88 bits per heavy atom. The van der Waals surface area contributed by atoms with Crippen molar-refractivity contribution in [3.63, 3.8) is 0 Å². The van der Waals surface area contributed by atoms with Crippen LogP contribution >= 0.6 is 0 Å². The first kappa shape index (κ1) is 11.9. The van der Waals surface area contributed by atoms with Gasteiger partial charge in [-0.3, -0.25) is 4.79 Å². The minimum Gasteiger partial charge on any atom is -0.477 e. The molecule has 0 unspecified atom stereocenters. The molecule has 16 heavy (non-hydrogen) atoms. The van der Waals surface area contributed by atoms with Crippen molar-refractivity contribution in [2.45, 2.75) is 13.3 Å². The molecule has 1 rings (SSSR count). The van der Waals surface area contributed by atoms with Crippen LogP contribution in [0.15, 0.2) is 12.3 Å². The van der Waals surface area contributed by atoms with Gasteiger partial charge in [-0.2, -0.15) is 0 Å². The number of ether oxygens (including phenoxy) is 1. The van der Waals surface area contributed by atoms with Crippen LogP contribution in [0.2, 0.25) is 0 Å². The van der Waals surface area contributed by atoms with Crippen LogP contribution in [-0.2, 0) is 9.53 Å². The zero-order valence-corrected chi connectivity index (χ0v) is 8.74. The quantitative estimate of drug-likeness (QED) is 0.590. The fourth-order valence-corrected chi connectivity index (χ4v) is 1.02. The highest BCUT2D eigenvalue weighted by molar-refractivity contribution is 5.86. The summed E-state index contributed by atoms with van der Waals surface area (Å²) >= 11 is 0. The number of aromatic amines is 1. The number of aromatic carboxylic acids is 1. The van der Waals surface area contributed by atoms with Gasteiger partial charge in [0.1, 0.15) is 12.1 Å². The third-order valence-corrected chi connectivity index (χ3v) is 1.68. The second kappa shape index (κ2) is 5.61. The van der Waals surface area contributed by atoms with Crippen molar-refractivity contribution in [2.24, 2.45) is 0 Å². The Morgan fingerprint density at radius 2 is 2.31 bits per heavy atom. The summed E-state index contributed by atoms with van der Waals surface area (Å²) in [6.07, 6.45) is 1.48. The number of hydrogen-bond donors (Lipinski definition) is 2. The first-order valence-corrected chi connectivity index (χ1v) is 4.69. The zero-order valence-electron chi connectivity index (χ0n) is 8.74. The highest BCUT2D eigenvalue weighted by Crippen LogP contribution is 2.01. The third kappa shape index (κ3) is 3.50. The molecule has 1 aromatic heterocycles. The van der Waals surface area contributed by atoms with Crippen LogP contribution in [0, 0.1) is 11.8 Å². The predicted octanol–water partition coefficient (Wildman–Crippen LogP) is 1.02. The second-order valence-electron chi connectivity index (χ2n) is 2.89. The van der Waals surface area contributed by atoms with Gasteiger partial charge in [0.2, 0.25) is 0 Å². The number of H-pyrrole nitrogens is 1. The highest BCUT2D eigenvalue weighted by Gasteiger charge is 2.04. The van der Waals surface area contributed by atoms with Gasteiger partial charge in [-0.15, -0.1) is 0 Å². The summed E-state index contributed by atoms with van der Waals surface area (Å²) in [6, 6.07) is 1.40. The zero-order chi connectivity index (χ0) is 12.0. The van der Waals surface area contributed by atoms with E-state index in [1.165, 1.54) is 12.3 Å². The van der Waals surface area contributed by atoms with Gasteiger partial charge in [-0.05, 0) is 13.0 Å². The monoisotopic (exact) mass is 221 g/mol. The average Bonchev–Trinajstić information content (AvgIpc) is 2.67. The molecule has 0 amide bonds. The Balaban J connectivity index is 2.56. The van der Waals surface area contributed by atoms with E-state index in [0.29, 0.717) is 12.2 Å². The smallest absolute Gasteiger partial charge is 0.352 e. The fourth-order valence-electron chi connectivity index (χ4n) is 1.02. The molecular formula is C11H11NO4. The Labute approximate surface area is 92.4 Å². The van der Waals surface area contributed by atoms with Crippen molar-refractivity contribution in [1.82, 2.24) is 4.98 Å². The molecule has 1 aromatic rings. The maximum Gasteiger partial charge on any atom is 0.352 e. The van der Waals surface area contributed by atoms with Crippen molar-refractivity contribution < 1.29 is 19.4 Å². The van der Waals surface area contributed by atoms with Gasteiger partial charge < -0.3 is 14.8 Å². The number of rotatable bonds is 3. The minimum atomic E-state index is -1.04. The standard InChI is InChI=1S/C11H11NO4/c1-2-16-10(13)5-3-4-8-6-9(11(14)15)12-7-8/h6-7,12H,2,5H2,1H3,(H,14,15). The molecule has 0 aromatic carbocycles. The molecule has 0 radical (unpaired) electrons. The average molecular weight is 221 g/mol. The largest absolute Gasteiger partial charge is 0.477 e. The summed E-state index contributed by atoms with van der Waals surface area (Å²) in [6.45, 7) is 2.05. The van der Waals surface area contributed by atoms with Crippen molar-refractivity contribution in [1.29, 1.82) is 0 Å². The lowest BCUT2D eigenvalue weighted by Crippen LogP contribution is -2.01. The molecule has 0 aliphatic carbocycles. The number of hydrogen-bond acceptors (Lipinski definition) is 3. The van der Waals surface area contributed by atoms with Gasteiger partial charge in [-0.25, -0.2) is 4.79 Å². The van der Waals surface area contributed by atoms with Crippen molar-refractivity contribution in [3.05, 3.63) is 23.5 Å². The van der Waals surface area contributed by atoms with Crippen molar-refractivity contribution >= 4 is 11.9 Å². The summed E-state index contributed by atoms with van der Waals surface area (Å²) in [7, 11) is 0. The number of esters is 1. The molecular weight excluding hydrogens is 210 g/mol.